The summed E-state index contributed by atoms with van der Waals surface area (Å²) in [7, 11) is 0. The van der Waals surface area contributed by atoms with Crippen LogP contribution in [0.15, 0.2) is 54.7 Å². The molecule has 2 aromatic carbocycles. The van der Waals surface area contributed by atoms with Crippen molar-refractivity contribution in [3.63, 3.8) is 0 Å². The Morgan fingerprint density at radius 3 is 2.65 bits per heavy atom. The molecule has 1 saturated carbocycles. The van der Waals surface area contributed by atoms with Gasteiger partial charge >= 0.3 is 0 Å². The van der Waals surface area contributed by atoms with E-state index in [2.05, 4.69) is 34.9 Å². The van der Waals surface area contributed by atoms with E-state index >= 15 is 0 Å². The van der Waals surface area contributed by atoms with Crippen molar-refractivity contribution in [1.29, 1.82) is 0 Å². The van der Waals surface area contributed by atoms with Crippen LogP contribution in [0.4, 0.5) is 5.82 Å². The van der Waals surface area contributed by atoms with Crippen molar-refractivity contribution in [2.75, 3.05) is 11.9 Å². The summed E-state index contributed by atoms with van der Waals surface area (Å²) in [5, 5.41) is 6.52. The van der Waals surface area contributed by atoms with Gasteiger partial charge in [0.15, 0.2) is 11.5 Å². The first-order chi connectivity index (χ1) is 15.1. The zero-order valence-corrected chi connectivity index (χ0v) is 17.9. The Balaban J connectivity index is 1.54. The molecule has 6 nitrogen and oxygen atoms in total. The standard InChI is InChI=1S/C25H27N5O/c1-16(2)13-14-26-23-24-27-15-22(30(24)21-6-4-3-5-20(21)29-23)17-7-9-18(10-8-17)25(31)28-19-11-12-19/h3-10,15-16,19H,11-14H2,1-2H3,(H,26,29)(H,28,31). The molecule has 0 aliphatic heterocycles. The molecular formula is C25H27N5O. The number of rotatable bonds is 7. The van der Waals surface area contributed by atoms with Gasteiger partial charge in [0.25, 0.3) is 5.91 Å². The smallest absolute Gasteiger partial charge is 0.251 e. The second-order valence-corrected chi connectivity index (χ2v) is 8.69. The average Bonchev–Trinajstić information content (AvgIpc) is 3.47. The van der Waals surface area contributed by atoms with Gasteiger partial charge in [0.1, 0.15) is 0 Å². The second kappa shape index (κ2) is 8.02. The Morgan fingerprint density at radius 2 is 1.90 bits per heavy atom. The highest BCUT2D eigenvalue weighted by molar-refractivity contribution is 5.95. The summed E-state index contributed by atoms with van der Waals surface area (Å²) in [4.78, 5) is 21.9. The molecule has 0 spiro atoms. The summed E-state index contributed by atoms with van der Waals surface area (Å²) in [5.74, 6) is 1.42. The first kappa shape index (κ1) is 19.5. The van der Waals surface area contributed by atoms with E-state index in [0.717, 1.165) is 59.6 Å². The summed E-state index contributed by atoms with van der Waals surface area (Å²) in [5.41, 5.74) is 5.42. The van der Waals surface area contributed by atoms with Gasteiger partial charge in [-0.1, -0.05) is 38.1 Å². The van der Waals surface area contributed by atoms with Gasteiger partial charge in [-0.05, 0) is 49.4 Å². The largest absolute Gasteiger partial charge is 0.367 e. The number of nitrogens with zero attached hydrogens (tertiary/aromatic N) is 3. The highest BCUT2D eigenvalue weighted by atomic mass is 16.1. The number of carbonyl (C=O) groups excluding carboxylic acids is 1. The molecule has 4 aromatic rings. The lowest BCUT2D eigenvalue weighted by Gasteiger charge is -2.12. The third-order valence-electron chi connectivity index (χ3n) is 5.70. The van der Waals surface area contributed by atoms with Crippen molar-refractivity contribution in [2.24, 2.45) is 5.92 Å². The second-order valence-electron chi connectivity index (χ2n) is 8.69. The van der Waals surface area contributed by atoms with Crippen molar-refractivity contribution in [2.45, 2.75) is 39.2 Å². The molecule has 0 unspecified atom stereocenters. The molecule has 158 valence electrons. The third-order valence-corrected chi connectivity index (χ3v) is 5.70. The van der Waals surface area contributed by atoms with Crippen LogP contribution in [-0.4, -0.2) is 32.9 Å². The molecule has 31 heavy (non-hydrogen) atoms. The summed E-state index contributed by atoms with van der Waals surface area (Å²) >= 11 is 0. The Kier molecular flexibility index (Phi) is 5.06. The van der Waals surface area contributed by atoms with Crippen molar-refractivity contribution in [3.8, 4) is 11.3 Å². The number of nitrogens with one attached hydrogen (secondary N) is 2. The summed E-state index contributed by atoms with van der Waals surface area (Å²) < 4.78 is 2.15. The van der Waals surface area contributed by atoms with Gasteiger partial charge in [-0.25, -0.2) is 9.97 Å². The molecule has 1 aliphatic rings. The maximum absolute atomic E-state index is 12.3. The van der Waals surface area contributed by atoms with Gasteiger partial charge in [0, 0.05) is 23.7 Å². The maximum atomic E-state index is 12.3. The van der Waals surface area contributed by atoms with Crippen LogP contribution in [0.1, 0.15) is 43.5 Å². The van der Waals surface area contributed by atoms with Gasteiger partial charge in [0.05, 0.1) is 22.9 Å². The minimum absolute atomic E-state index is 0.00141. The van der Waals surface area contributed by atoms with E-state index in [-0.39, 0.29) is 5.91 Å². The number of imidazole rings is 1. The van der Waals surface area contributed by atoms with Crippen LogP contribution in [0.5, 0.6) is 0 Å². The molecule has 2 N–H and O–H groups in total. The van der Waals surface area contributed by atoms with Crippen molar-refractivity contribution in [1.82, 2.24) is 19.7 Å². The van der Waals surface area contributed by atoms with E-state index in [0.29, 0.717) is 17.5 Å². The van der Waals surface area contributed by atoms with E-state index in [1.807, 2.05) is 48.7 Å². The lowest BCUT2D eigenvalue weighted by Crippen LogP contribution is -2.25. The predicted octanol–water partition coefficient (Wildman–Crippen LogP) is 4.90. The molecule has 0 radical (unpaired) electrons. The van der Waals surface area contributed by atoms with Crippen LogP contribution in [0.3, 0.4) is 0 Å². The number of carbonyl (C=O) groups is 1. The van der Waals surface area contributed by atoms with E-state index in [1.54, 1.807) is 0 Å². The number of benzene rings is 2. The van der Waals surface area contributed by atoms with Crippen molar-refractivity contribution < 1.29 is 4.79 Å². The molecule has 2 heterocycles. The monoisotopic (exact) mass is 413 g/mol. The normalized spacial score (nSPS) is 13.8. The summed E-state index contributed by atoms with van der Waals surface area (Å²) in [6, 6.07) is 16.2. The molecule has 6 heteroatoms. The Labute approximate surface area is 181 Å². The lowest BCUT2D eigenvalue weighted by molar-refractivity contribution is 0.0951. The fourth-order valence-corrected chi connectivity index (χ4v) is 3.77. The van der Waals surface area contributed by atoms with Crippen LogP contribution in [0.25, 0.3) is 27.9 Å². The molecule has 5 rings (SSSR count). The number of hydrogen-bond acceptors (Lipinski definition) is 4. The van der Waals surface area contributed by atoms with Crippen molar-refractivity contribution in [3.05, 3.63) is 60.3 Å². The average molecular weight is 414 g/mol. The quantitative estimate of drug-likeness (QED) is 0.452. The summed E-state index contributed by atoms with van der Waals surface area (Å²) in [6.45, 7) is 5.28. The molecule has 1 fully saturated rings. The number of hydrogen-bond donors (Lipinski definition) is 2. The summed E-state index contributed by atoms with van der Waals surface area (Å²) in [6.07, 6.45) is 5.12. The molecule has 1 amide bonds. The minimum Gasteiger partial charge on any atom is -0.367 e. The molecule has 0 atom stereocenters. The van der Waals surface area contributed by atoms with E-state index in [1.165, 1.54) is 0 Å². The zero-order valence-electron chi connectivity index (χ0n) is 17.9. The Morgan fingerprint density at radius 1 is 1.13 bits per heavy atom. The van der Waals surface area contributed by atoms with E-state index in [4.69, 9.17) is 9.97 Å². The van der Waals surface area contributed by atoms with Gasteiger partial charge in [-0.15, -0.1) is 0 Å². The SMILES string of the molecule is CC(C)CCNc1nc2ccccc2n2c(-c3ccc(C(=O)NC4CC4)cc3)cnc12. The zero-order chi connectivity index (χ0) is 21.4. The number of amides is 1. The molecule has 2 aromatic heterocycles. The first-order valence-electron chi connectivity index (χ1n) is 11.0. The highest BCUT2D eigenvalue weighted by Gasteiger charge is 2.23. The number of anilines is 1. The number of fused-ring (bicyclic) bond motifs is 3. The van der Waals surface area contributed by atoms with Crippen molar-refractivity contribution >= 4 is 28.4 Å². The molecular weight excluding hydrogens is 386 g/mol. The van der Waals surface area contributed by atoms with Gasteiger partial charge in [-0.3, -0.25) is 9.20 Å². The Bertz CT molecular complexity index is 1240. The van der Waals surface area contributed by atoms with Gasteiger partial charge in [-0.2, -0.15) is 0 Å². The predicted molar refractivity (Wildman–Crippen MR) is 124 cm³/mol. The topological polar surface area (TPSA) is 71.3 Å². The van der Waals surface area contributed by atoms with Gasteiger partial charge < -0.3 is 10.6 Å². The van der Waals surface area contributed by atoms with Gasteiger partial charge in [0.2, 0.25) is 0 Å². The fraction of sp³-hybridized carbons (Fsp3) is 0.320. The van der Waals surface area contributed by atoms with Crippen LogP contribution < -0.4 is 10.6 Å². The van der Waals surface area contributed by atoms with Crippen LogP contribution in [-0.2, 0) is 0 Å². The van der Waals surface area contributed by atoms with Crippen LogP contribution in [0.2, 0.25) is 0 Å². The van der Waals surface area contributed by atoms with E-state index < -0.39 is 0 Å². The third kappa shape index (κ3) is 3.98. The first-order valence-corrected chi connectivity index (χ1v) is 11.0. The van der Waals surface area contributed by atoms with Crippen LogP contribution >= 0.6 is 0 Å². The van der Waals surface area contributed by atoms with Crippen LogP contribution in [0, 0.1) is 5.92 Å². The number of para-hydroxylation sites is 2. The molecule has 0 bridgehead atoms. The van der Waals surface area contributed by atoms with E-state index in [9.17, 15) is 4.79 Å². The molecule has 0 saturated heterocycles. The Hall–Kier alpha value is -3.41. The minimum atomic E-state index is -0.00141. The maximum Gasteiger partial charge on any atom is 0.251 e. The lowest BCUT2D eigenvalue weighted by atomic mass is 10.1. The molecule has 1 aliphatic carbocycles. The highest BCUT2D eigenvalue weighted by Crippen LogP contribution is 2.29. The fourth-order valence-electron chi connectivity index (χ4n) is 3.77. The number of aromatic nitrogens is 3.